The van der Waals surface area contributed by atoms with Gasteiger partial charge in [-0.1, -0.05) is 36.4 Å². The molecular weight excluding hydrogens is 282 g/mol. The lowest BCUT2D eigenvalue weighted by Gasteiger charge is -2.18. The average Bonchev–Trinajstić information content (AvgIpc) is 2.55. The van der Waals surface area contributed by atoms with Gasteiger partial charge in [0, 0.05) is 0 Å². The number of aryl methyl sites for hydroxylation is 3. The zero-order valence-corrected chi connectivity index (χ0v) is 14.9. The van der Waals surface area contributed by atoms with Crippen molar-refractivity contribution in [2.75, 3.05) is 13.2 Å². The summed E-state index contributed by atoms with van der Waals surface area (Å²) >= 11 is 0. The molecule has 0 spiro atoms. The number of ether oxygens (including phenoxy) is 1. The Labute approximate surface area is 140 Å². The Hall–Kier alpha value is -1.80. The van der Waals surface area contributed by atoms with Crippen molar-refractivity contribution in [2.24, 2.45) is 5.73 Å². The van der Waals surface area contributed by atoms with Gasteiger partial charge in [0.2, 0.25) is 0 Å². The molecule has 0 saturated heterocycles. The second kappa shape index (κ2) is 8.16. The molecule has 2 rings (SSSR count). The van der Waals surface area contributed by atoms with E-state index in [0.717, 1.165) is 25.2 Å². The topological polar surface area (TPSA) is 35.2 Å². The van der Waals surface area contributed by atoms with Crippen LogP contribution in [0.25, 0.3) is 0 Å². The SMILES string of the molecule is Cc1ccccc1C(CN)CCCOc1c(C)ccc(C)c1C. The van der Waals surface area contributed by atoms with Gasteiger partial charge in [0.15, 0.2) is 0 Å². The van der Waals surface area contributed by atoms with Gasteiger partial charge in [0.05, 0.1) is 6.61 Å². The first-order valence-corrected chi connectivity index (χ1v) is 8.49. The summed E-state index contributed by atoms with van der Waals surface area (Å²) in [6.45, 7) is 9.96. The molecule has 2 aromatic rings. The molecule has 2 aromatic carbocycles. The lowest BCUT2D eigenvalue weighted by molar-refractivity contribution is 0.297. The first-order chi connectivity index (χ1) is 11.0. The van der Waals surface area contributed by atoms with E-state index < -0.39 is 0 Å². The molecule has 23 heavy (non-hydrogen) atoms. The van der Waals surface area contributed by atoms with Crippen LogP contribution in [0.15, 0.2) is 36.4 Å². The Morgan fingerprint density at radius 1 is 0.913 bits per heavy atom. The van der Waals surface area contributed by atoms with E-state index in [4.69, 9.17) is 10.5 Å². The maximum absolute atomic E-state index is 6.07. The van der Waals surface area contributed by atoms with Crippen LogP contribution >= 0.6 is 0 Å². The highest BCUT2D eigenvalue weighted by Gasteiger charge is 2.12. The summed E-state index contributed by atoms with van der Waals surface area (Å²) in [6.07, 6.45) is 2.08. The third kappa shape index (κ3) is 4.35. The molecule has 0 heterocycles. The molecule has 0 aliphatic rings. The minimum absolute atomic E-state index is 0.416. The lowest BCUT2D eigenvalue weighted by Crippen LogP contribution is -2.15. The predicted molar refractivity (Wildman–Crippen MR) is 98.4 cm³/mol. The van der Waals surface area contributed by atoms with Crippen molar-refractivity contribution in [1.82, 2.24) is 0 Å². The Morgan fingerprint density at radius 2 is 1.61 bits per heavy atom. The molecule has 0 fully saturated rings. The van der Waals surface area contributed by atoms with Crippen molar-refractivity contribution in [3.05, 3.63) is 64.2 Å². The highest BCUT2D eigenvalue weighted by atomic mass is 16.5. The summed E-state index contributed by atoms with van der Waals surface area (Å²) in [4.78, 5) is 0. The zero-order chi connectivity index (χ0) is 16.8. The highest BCUT2D eigenvalue weighted by Crippen LogP contribution is 2.27. The fourth-order valence-electron chi connectivity index (χ4n) is 3.10. The molecule has 124 valence electrons. The largest absolute Gasteiger partial charge is 0.493 e. The summed E-state index contributed by atoms with van der Waals surface area (Å²) < 4.78 is 6.07. The maximum atomic E-state index is 6.07. The van der Waals surface area contributed by atoms with Gasteiger partial charge in [-0.3, -0.25) is 0 Å². The van der Waals surface area contributed by atoms with Crippen LogP contribution in [0, 0.1) is 27.7 Å². The summed E-state index contributed by atoms with van der Waals surface area (Å²) in [6, 6.07) is 12.8. The third-order valence-electron chi connectivity index (χ3n) is 4.73. The smallest absolute Gasteiger partial charge is 0.125 e. The van der Waals surface area contributed by atoms with Crippen LogP contribution < -0.4 is 10.5 Å². The molecule has 1 unspecified atom stereocenters. The first-order valence-electron chi connectivity index (χ1n) is 8.49. The summed E-state index contributed by atoms with van der Waals surface area (Å²) in [5.41, 5.74) is 12.4. The first kappa shape index (κ1) is 17.6. The normalized spacial score (nSPS) is 12.2. The van der Waals surface area contributed by atoms with Gasteiger partial charge < -0.3 is 10.5 Å². The van der Waals surface area contributed by atoms with E-state index in [2.05, 4.69) is 64.1 Å². The zero-order valence-electron chi connectivity index (χ0n) is 14.9. The van der Waals surface area contributed by atoms with Gasteiger partial charge in [-0.2, -0.15) is 0 Å². The van der Waals surface area contributed by atoms with E-state index in [1.807, 2.05) is 0 Å². The van der Waals surface area contributed by atoms with Crippen molar-refractivity contribution >= 4 is 0 Å². The van der Waals surface area contributed by atoms with E-state index in [1.165, 1.54) is 27.8 Å². The molecule has 2 N–H and O–H groups in total. The van der Waals surface area contributed by atoms with Crippen LogP contribution in [-0.4, -0.2) is 13.2 Å². The number of nitrogens with two attached hydrogens (primary N) is 1. The molecular formula is C21H29NO. The molecule has 0 saturated carbocycles. The van der Waals surface area contributed by atoms with Gasteiger partial charge in [-0.05, 0) is 80.8 Å². The molecule has 0 aliphatic heterocycles. The monoisotopic (exact) mass is 311 g/mol. The van der Waals surface area contributed by atoms with Gasteiger partial charge >= 0.3 is 0 Å². The van der Waals surface area contributed by atoms with Gasteiger partial charge in [0.25, 0.3) is 0 Å². The second-order valence-corrected chi connectivity index (χ2v) is 6.43. The van der Waals surface area contributed by atoms with Crippen LogP contribution in [-0.2, 0) is 0 Å². The van der Waals surface area contributed by atoms with Crippen molar-refractivity contribution < 1.29 is 4.74 Å². The summed E-state index contributed by atoms with van der Waals surface area (Å²) in [5.74, 6) is 1.46. The highest BCUT2D eigenvalue weighted by molar-refractivity contribution is 5.44. The quantitative estimate of drug-likeness (QED) is 0.744. The van der Waals surface area contributed by atoms with Crippen molar-refractivity contribution in [3.8, 4) is 5.75 Å². The van der Waals surface area contributed by atoms with Gasteiger partial charge in [-0.15, -0.1) is 0 Å². The van der Waals surface area contributed by atoms with Crippen LogP contribution in [0.5, 0.6) is 5.75 Å². The lowest BCUT2D eigenvalue weighted by atomic mass is 9.91. The second-order valence-electron chi connectivity index (χ2n) is 6.43. The van der Waals surface area contributed by atoms with E-state index in [-0.39, 0.29) is 0 Å². The van der Waals surface area contributed by atoms with Crippen LogP contribution in [0.3, 0.4) is 0 Å². The Bertz CT molecular complexity index is 648. The standard InChI is InChI=1S/C21H29NO/c1-15-11-12-17(3)21(18(15)4)23-13-7-9-19(14-22)20-10-6-5-8-16(20)2/h5-6,8,10-12,19H,7,9,13-14,22H2,1-4H3. The molecule has 0 amide bonds. The summed E-state index contributed by atoms with van der Waals surface area (Å²) in [7, 11) is 0. The molecule has 0 aromatic heterocycles. The van der Waals surface area contributed by atoms with E-state index in [0.29, 0.717) is 12.5 Å². The number of hydrogen-bond acceptors (Lipinski definition) is 2. The Morgan fingerprint density at radius 3 is 2.30 bits per heavy atom. The van der Waals surface area contributed by atoms with Crippen LogP contribution in [0.2, 0.25) is 0 Å². The van der Waals surface area contributed by atoms with Gasteiger partial charge in [-0.25, -0.2) is 0 Å². The fourth-order valence-corrected chi connectivity index (χ4v) is 3.10. The molecule has 0 bridgehead atoms. The molecule has 0 radical (unpaired) electrons. The number of hydrogen-bond donors (Lipinski definition) is 1. The Balaban J connectivity index is 1.92. The maximum Gasteiger partial charge on any atom is 0.125 e. The average molecular weight is 311 g/mol. The van der Waals surface area contributed by atoms with E-state index in [9.17, 15) is 0 Å². The number of benzene rings is 2. The number of rotatable bonds is 7. The minimum atomic E-state index is 0.416. The van der Waals surface area contributed by atoms with Crippen molar-refractivity contribution in [2.45, 2.75) is 46.5 Å². The van der Waals surface area contributed by atoms with E-state index in [1.54, 1.807) is 0 Å². The fraction of sp³-hybridized carbons (Fsp3) is 0.429. The minimum Gasteiger partial charge on any atom is -0.493 e. The molecule has 1 atom stereocenters. The summed E-state index contributed by atoms with van der Waals surface area (Å²) in [5, 5.41) is 0. The van der Waals surface area contributed by atoms with E-state index >= 15 is 0 Å². The van der Waals surface area contributed by atoms with Crippen LogP contribution in [0.4, 0.5) is 0 Å². The molecule has 2 nitrogen and oxygen atoms in total. The van der Waals surface area contributed by atoms with Crippen molar-refractivity contribution in [1.29, 1.82) is 0 Å². The van der Waals surface area contributed by atoms with Crippen LogP contribution in [0.1, 0.15) is 46.6 Å². The van der Waals surface area contributed by atoms with Crippen molar-refractivity contribution in [3.63, 3.8) is 0 Å². The predicted octanol–water partition coefficient (Wildman–Crippen LogP) is 4.82. The third-order valence-corrected chi connectivity index (χ3v) is 4.73. The van der Waals surface area contributed by atoms with Gasteiger partial charge in [0.1, 0.15) is 5.75 Å². The Kier molecular flexibility index (Phi) is 6.23. The molecule has 0 aliphatic carbocycles. The molecule has 2 heteroatoms.